The summed E-state index contributed by atoms with van der Waals surface area (Å²) in [7, 11) is 0. The van der Waals surface area contributed by atoms with E-state index in [9.17, 15) is 9.59 Å². The van der Waals surface area contributed by atoms with Crippen molar-refractivity contribution >= 4 is 11.9 Å². The van der Waals surface area contributed by atoms with Crippen LogP contribution in [0, 0.1) is 0 Å². The topological polar surface area (TPSA) is 52.6 Å². The molecule has 0 aromatic heterocycles. The van der Waals surface area contributed by atoms with Gasteiger partial charge in [0.05, 0.1) is 13.2 Å². The summed E-state index contributed by atoms with van der Waals surface area (Å²) >= 11 is 0. The van der Waals surface area contributed by atoms with Crippen molar-refractivity contribution in [2.24, 2.45) is 0 Å². The Morgan fingerprint density at radius 3 is 1.07 bits per heavy atom. The Morgan fingerprint density at radius 2 is 0.733 bits per heavy atom. The fourth-order valence-corrected chi connectivity index (χ4v) is 3.54. The molecule has 0 aromatic rings. The number of esters is 2. The molecule has 0 atom stereocenters. The Balaban J connectivity index is 3.30. The first-order chi connectivity index (χ1) is 14.7. The molecule has 178 valence electrons. The van der Waals surface area contributed by atoms with Crippen molar-refractivity contribution in [3.63, 3.8) is 0 Å². The maximum atomic E-state index is 11.7. The summed E-state index contributed by atoms with van der Waals surface area (Å²) in [5.41, 5.74) is 0. The zero-order chi connectivity index (χ0) is 22.1. The highest BCUT2D eigenvalue weighted by atomic mass is 16.5. The number of carbonyl (C=O) groups excluding carboxylic acids is 2. The van der Waals surface area contributed by atoms with Crippen LogP contribution in [0.25, 0.3) is 0 Å². The molecule has 0 saturated heterocycles. The molecule has 0 radical (unpaired) electrons. The molecular weight excluding hydrogens is 376 g/mol. The van der Waals surface area contributed by atoms with Crippen LogP contribution in [0.1, 0.15) is 142 Å². The minimum Gasteiger partial charge on any atom is -0.466 e. The second-order valence-corrected chi connectivity index (χ2v) is 8.60. The molecule has 0 N–H and O–H groups in total. The fraction of sp³-hybridized carbons (Fsp3) is 0.923. The van der Waals surface area contributed by atoms with Crippen LogP contribution in [-0.2, 0) is 19.1 Å². The molecule has 30 heavy (non-hydrogen) atoms. The summed E-state index contributed by atoms with van der Waals surface area (Å²) in [6, 6.07) is 0. The molecule has 0 amide bonds. The number of hydrogen-bond donors (Lipinski definition) is 0. The number of unbranched alkanes of at least 4 members (excludes halogenated alkanes) is 15. The lowest BCUT2D eigenvalue weighted by Crippen LogP contribution is -2.09. The second kappa shape index (κ2) is 24.2. The smallest absolute Gasteiger partial charge is 0.305 e. The first kappa shape index (κ1) is 28.9. The molecule has 0 saturated carbocycles. The van der Waals surface area contributed by atoms with Crippen molar-refractivity contribution in [1.29, 1.82) is 0 Å². The van der Waals surface area contributed by atoms with Gasteiger partial charge in [-0.25, -0.2) is 0 Å². The van der Waals surface area contributed by atoms with Gasteiger partial charge in [-0.15, -0.1) is 0 Å². The van der Waals surface area contributed by atoms with Crippen LogP contribution in [0.2, 0.25) is 0 Å². The van der Waals surface area contributed by atoms with Gasteiger partial charge in [-0.3, -0.25) is 9.59 Å². The van der Waals surface area contributed by atoms with Crippen LogP contribution in [-0.4, -0.2) is 25.2 Å². The lowest BCUT2D eigenvalue weighted by atomic mass is 10.1. The lowest BCUT2D eigenvalue weighted by Gasteiger charge is -2.06. The highest BCUT2D eigenvalue weighted by Crippen LogP contribution is 2.11. The molecule has 4 heteroatoms. The van der Waals surface area contributed by atoms with Gasteiger partial charge in [0.2, 0.25) is 0 Å². The van der Waals surface area contributed by atoms with Crippen molar-refractivity contribution in [2.75, 3.05) is 13.2 Å². The van der Waals surface area contributed by atoms with E-state index >= 15 is 0 Å². The Bertz CT molecular complexity index is 381. The second-order valence-electron chi connectivity index (χ2n) is 8.60. The molecule has 0 bridgehead atoms. The summed E-state index contributed by atoms with van der Waals surface area (Å²) in [6.07, 6.45) is 22.3. The van der Waals surface area contributed by atoms with Crippen molar-refractivity contribution in [2.45, 2.75) is 142 Å². The minimum atomic E-state index is -0.191. The Morgan fingerprint density at radius 1 is 0.433 bits per heavy atom. The molecule has 0 aliphatic carbocycles. The summed E-state index contributed by atoms with van der Waals surface area (Å²) in [6.45, 7) is 5.49. The van der Waals surface area contributed by atoms with E-state index in [1.54, 1.807) is 0 Å². The van der Waals surface area contributed by atoms with E-state index in [0.717, 1.165) is 25.7 Å². The SMILES string of the molecule is CCCCCCCCCCCCOC(=O)CCCC(=O)OCCCCCCCCC. The van der Waals surface area contributed by atoms with Crippen molar-refractivity contribution < 1.29 is 19.1 Å². The van der Waals surface area contributed by atoms with Crippen LogP contribution >= 0.6 is 0 Å². The normalized spacial score (nSPS) is 10.9. The van der Waals surface area contributed by atoms with E-state index in [4.69, 9.17) is 9.47 Å². The monoisotopic (exact) mass is 426 g/mol. The van der Waals surface area contributed by atoms with Gasteiger partial charge in [0.15, 0.2) is 0 Å². The zero-order valence-electron chi connectivity index (χ0n) is 20.2. The summed E-state index contributed by atoms with van der Waals surface area (Å²) in [5, 5.41) is 0. The van der Waals surface area contributed by atoms with Crippen LogP contribution in [0.4, 0.5) is 0 Å². The van der Waals surface area contributed by atoms with Gasteiger partial charge in [0.25, 0.3) is 0 Å². The molecule has 0 rings (SSSR count). The van der Waals surface area contributed by atoms with E-state index in [1.165, 1.54) is 83.5 Å². The lowest BCUT2D eigenvalue weighted by molar-refractivity contribution is -0.145. The molecule has 0 aliphatic rings. The van der Waals surface area contributed by atoms with Crippen LogP contribution in [0.5, 0.6) is 0 Å². The first-order valence-electron chi connectivity index (χ1n) is 13.0. The van der Waals surface area contributed by atoms with E-state index < -0.39 is 0 Å². The van der Waals surface area contributed by atoms with Gasteiger partial charge in [-0.1, -0.05) is 110 Å². The van der Waals surface area contributed by atoms with Gasteiger partial charge in [0.1, 0.15) is 0 Å². The van der Waals surface area contributed by atoms with Gasteiger partial charge in [0, 0.05) is 12.8 Å². The number of ether oxygens (including phenoxy) is 2. The number of carbonyl (C=O) groups is 2. The number of hydrogen-bond acceptors (Lipinski definition) is 4. The summed E-state index contributed by atoms with van der Waals surface area (Å²) < 4.78 is 10.5. The third-order valence-corrected chi connectivity index (χ3v) is 5.53. The largest absolute Gasteiger partial charge is 0.466 e. The molecule has 0 spiro atoms. The summed E-state index contributed by atoms with van der Waals surface area (Å²) in [5.74, 6) is -0.380. The molecule has 0 aliphatic heterocycles. The average molecular weight is 427 g/mol. The van der Waals surface area contributed by atoms with Gasteiger partial charge in [-0.2, -0.15) is 0 Å². The van der Waals surface area contributed by atoms with E-state index in [2.05, 4.69) is 13.8 Å². The van der Waals surface area contributed by atoms with Crippen molar-refractivity contribution in [3.05, 3.63) is 0 Å². The Hall–Kier alpha value is -1.06. The predicted octanol–water partition coefficient (Wildman–Crippen LogP) is 7.91. The van der Waals surface area contributed by atoms with Crippen LogP contribution < -0.4 is 0 Å². The van der Waals surface area contributed by atoms with Gasteiger partial charge < -0.3 is 9.47 Å². The number of rotatable bonds is 23. The summed E-state index contributed by atoms with van der Waals surface area (Å²) in [4.78, 5) is 23.4. The van der Waals surface area contributed by atoms with Crippen LogP contribution in [0.15, 0.2) is 0 Å². The highest BCUT2D eigenvalue weighted by Gasteiger charge is 2.07. The molecule has 0 unspecified atom stereocenters. The van der Waals surface area contributed by atoms with Gasteiger partial charge in [-0.05, 0) is 19.3 Å². The van der Waals surface area contributed by atoms with Crippen molar-refractivity contribution in [3.8, 4) is 0 Å². The molecular formula is C26H50O4. The standard InChI is InChI=1S/C26H50O4/c1-3-5-7-9-11-12-13-15-17-19-24-30-26(28)22-20-21-25(27)29-23-18-16-14-10-8-6-4-2/h3-24H2,1-2H3. The molecule has 0 fully saturated rings. The van der Waals surface area contributed by atoms with E-state index in [-0.39, 0.29) is 11.9 Å². The zero-order valence-corrected chi connectivity index (χ0v) is 20.2. The van der Waals surface area contributed by atoms with Crippen LogP contribution in [0.3, 0.4) is 0 Å². The fourth-order valence-electron chi connectivity index (χ4n) is 3.54. The quantitative estimate of drug-likeness (QED) is 0.123. The van der Waals surface area contributed by atoms with E-state index in [1.807, 2.05) is 0 Å². The molecule has 0 aromatic carbocycles. The Kier molecular flexibility index (Phi) is 23.4. The first-order valence-corrected chi connectivity index (χ1v) is 13.0. The third kappa shape index (κ3) is 23.2. The van der Waals surface area contributed by atoms with Crippen molar-refractivity contribution in [1.82, 2.24) is 0 Å². The minimum absolute atomic E-state index is 0.189. The van der Waals surface area contributed by atoms with E-state index in [0.29, 0.717) is 32.5 Å². The molecule has 4 nitrogen and oxygen atoms in total. The predicted molar refractivity (Wildman–Crippen MR) is 126 cm³/mol. The third-order valence-electron chi connectivity index (χ3n) is 5.53. The maximum Gasteiger partial charge on any atom is 0.305 e. The van der Waals surface area contributed by atoms with Gasteiger partial charge >= 0.3 is 11.9 Å². The average Bonchev–Trinajstić information content (AvgIpc) is 2.74. The maximum absolute atomic E-state index is 11.7. The highest BCUT2D eigenvalue weighted by molar-refractivity contribution is 5.72. The molecule has 0 heterocycles. The Labute approximate surface area is 186 Å².